The first-order chi connectivity index (χ1) is 39.7. The molecule has 6 heteroatoms. The number of hydrogen-bond acceptors (Lipinski definition) is 2. The van der Waals surface area contributed by atoms with Crippen LogP contribution in [-0.4, -0.2) is 22.6 Å². The molecule has 0 amide bonds. The van der Waals surface area contributed by atoms with Gasteiger partial charge >= 0.3 is 0 Å². The zero-order valence-corrected chi connectivity index (χ0v) is 48.3. The number of aromatic nitrogens is 2. The third kappa shape index (κ3) is 6.46. The average molecular weight is 1050 g/mol. The number of fused-ring (bicyclic) bond motifs is 14. The lowest BCUT2D eigenvalue weighted by Gasteiger charge is -2.45. The Hall–Kier alpha value is -9.25. The van der Waals surface area contributed by atoms with Gasteiger partial charge < -0.3 is 18.9 Å². The van der Waals surface area contributed by atoms with Gasteiger partial charge in [-0.3, -0.25) is 0 Å². The molecule has 0 aliphatic carbocycles. The maximum Gasteiger partial charge on any atom is 0.252 e. The van der Waals surface area contributed by atoms with Crippen LogP contribution in [0.2, 0.25) is 0 Å². The van der Waals surface area contributed by atoms with Crippen molar-refractivity contribution in [2.75, 3.05) is 9.80 Å². The fourth-order valence-corrected chi connectivity index (χ4v) is 15.4. The van der Waals surface area contributed by atoms with Gasteiger partial charge in [0.1, 0.15) is 0 Å². The molecule has 0 spiro atoms. The quantitative estimate of drug-likeness (QED) is 0.163. The maximum atomic E-state index is 2.70. The van der Waals surface area contributed by atoms with Crippen LogP contribution in [0.1, 0.15) is 55.6 Å². The fourth-order valence-electron chi connectivity index (χ4n) is 15.4. The van der Waals surface area contributed by atoms with Crippen molar-refractivity contribution < 1.29 is 0 Å². The highest BCUT2D eigenvalue weighted by Crippen LogP contribution is 2.49. The summed E-state index contributed by atoms with van der Waals surface area (Å²) >= 11 is 0. The van der Waals surface area contributed by atoms with Crippen molar-refractivity contribution in [3.05, 3.63) is 238 Å². The van der Waals surface area contributed by atoms with Crippen LogP contribution in [0, 0.1) is 69.2 Å². The molecule has 11 aromatic carbocycles. The Morgan fingerprint density at radius 2 is 0.634 bits per heavy atom. The Kier molecular flexibility index (Phi) is 9.67. The minimum absolute atomic E-state index is 0.0733. The second-order valence-corrected chi connectivity index (χ2v) is 24.9. The molecule has 0 fully saturated rings. The average Bonchev–Trinajstić information content (AvgIpc) is 1.91. The van der Waals surface area contributed by atoms with Crippen LogP contribution in [0.3, 0.4) is 0 Å². The van der Waals surface area contributed by atoms with E-state index in [2.05, 4.69) is 270 Å². The summed E-state index contributed by atoms with van der Waals surface area (Å²) in [6.45, 7) is 22.3. The first-order valence-corrected chi connectivity index (χ1v) is 29.3. The Morgan fingerprint density at radius 3 is 1.06 bits per heavy atom. The normalized spacial score (nSPS) is 13.4. The van der Waals surface area contributed by atoms with Crippen LogP contribution < -0.4 is 42.6 Å². The van der Waals surface area contributed by atoms with Crippen molar-refractivity contribution in [2.24, 2.45) is 0 Å². The van der Waals surface area contributed by atoms with Gasteiger partial charge in [0.15, 0.2) is 0 Å². The van der Waals surface area contributed by atoms with Gasteiger partial charge in [-0.1, -0.05) is 136 Å². The highest BCUT2D eigenvalue weighted by atomic mass is 15.2. The lowest BCUT2D eigenvalue weighted by Crippen LogP contribution is -2.64. The van der Waals surface area contributed by atoms with Gasteiger partial charge in [0.05, 0.1) is 11.0 Å². The molecular weight excluding hydrogens is 990 g/mol. The van der Waals surface area contributed by atoms with Gasteiger partial charge in [0.25, 0.3) is 13.4 Å². The Morgan fingerprint density at radius 1 is 0.268 bits per heavy atom. The van der Waals surface area contributed by atoms with E-state index in [4.69, 9.17) is 0 Å². The second-order valence-electron chi connectivity index (χ2n) is 24.9. The van der Waals surface area contributed by atoms with Crippen LogP contribution >= 0.6 is 0 Å². The number of hydrogen-bond donors (Lipinski definition) is 0. The van der Waals surface area contributed by atoms with Crippen molar-refractivity contribution in [3.63, 3.8) is 0 Å². The van der Waals surface area contributed by atoms with Crippen molar-refractivity contribution in [1.29, 1.82) is 0 Å². The number of nitrogens with zero attached hydrogens (tertiary/aromatic N) is 4. The Balaban J connectivity index is 1.06. The summed E-state index contributed by atoms with van der Waals surface area (Å²) in [5.74, 6) is 0. The van der Waals surface area contributed by atoms with Crippen molar-refractivity contribution in [3.8, 4) is 33.6 Å². The first kappa shape index (κ1) is 47.5. The standard InChI is InChI=1S/C76H60B2N4/c1-41-13-21-53(22-14-41)79-67-40-68-62(39-61(67)77-63-33-47(7)31-59-57-29-45(5)17-25-65(57)81(75(59)63)71-37-51(35-69(79)73(71)77)55-27-43(3)11-19-49(55)9)78-64-34-48(8)32-60-58-30-46(6)18-26-66(58)82(76(60)64)72-38-52(56-28-44(4)12-20-50(56)10)36-70(74(72)78)80(68)54-23-15-42(2)16-24-54/h11-40H,1-10H3. The van der Waals surface area contributed by atoms with Crippen LogP contribution in [0.4, 0.5) is 34.1 Å². The molecule has 0 saturated carbocycles. The Labute approximate surface area is 480 Å². The van der Waals surface area contributed by atoms with Gasteiger partial charge in [0.2, 0.25) is 0 Å². The molecular formula is C76H60B2N4. The van der Waals surface area contributed by atoms with E-state index in [0.717, 1.165) is 11.4 Å². The molecule has 390 valence electrons. The van der Waals surface area contributed by atoms with Crippen molar-refractivity contribution >= 4 is 124 Å². The van der Waals surface area contributed by atoms with E-state index in [-0.39, 0.29) is 13.4 Å². The topological polar surface area (TPSA) is 16.3 Å². The highest BCUT2D eigenvalue weighted by Gasteiger charge is 2.48. The minimum Gasteiger partial charge on any atom is -0.311 e. The van der Waals surface area contributed by atoms with Crippen molar-refractivity contribution in [2.45, 2.75) is 69.2 Å². The molecule has 0 N–H and O–H groups in total. The molecule has 17 rings (SSSR count). The number of anilines is 6. The van der Waals surface area contributed by atoms with Gasteiger partial charge in [-0.15, -0.1) is 0 Å². The minimum atomic E-state index is -0.0733. The molecule has 6 heterocycles. The summed E-state index contributed by atoms with van der Waals surface area (Å²) in [5, 5.41) is 5.25. The predicted octanol–water partition coefficient (Wildman–Crippen LogP) is 15.5. The molecule has 82 heavy (non-hydrogen) atoms. The van der Waals surface area contributed by atoms with Crippen LogP contribution in [0.25, 0.3) is 77.2 Å². The van der Waals surface area contributed by atoms with E-state index in [1.165, 1.54) is 188 Å². The van der Waals surface area contributed by atoms with E-state index in [1.807, 2.05) is 0 Å². The SMILES string of the molecule is Cc1ccc(N2c3cc4c(cc3B3c5c2cc(-c2cc(C)ccc2C)cc5-n2c5ccc(C)cc5c5cc(C)cc3c52)B2c3c(cc(-c5cc(C)ccc5C)cc3-n3c5ccc(C)cc5c5cc(C)cc2c53)N4c2ccc(C)cc2)cc1. The molecule has 0 unspecified atom stereocenters. The molecule has 0 saturated heterocycles. The largest absolute Gasteiger partial charge is 0.311 e. The van der Waals surface area contributed by atoms with E-state index >= 15 is 0 Å². The van der Waals surface area contributed by atoms with Crippen LogP contribution in [0.5, 0.6) is 0 Å². The molecule has 4 aliphatic rings. The van der Waals surface area contributed by atoms with Crippen LogP contribution in [0.15, 0.2) is 182 Å². The van der Waals surface area contributed by atoms with E-state index in [1.54, 1.807) is 0 Å². The predicted molar refractivity (Wildman–Crippen MR) is 352 cm³/mol. The summed E-state index contributed by atoms with van der Waals surface area (Å²) in [6, 6.07) is 72.0. The van der Waals surface area contributed by atoms with E-state index in [9.17, 15) is 0 Å². The zero-order chi connectivity index (χ0) is 55.5. The summed E-state index contributed by atoms with van der Waals surface area (Å²) < 4.78 is 5.28. The third-order valence-corrected chi connectivity index (χ3v) is 19.1. The molecule has 0 radical (unpaired) electrons. The van der Waals surface area contributed by atoms with Gasteiger partial charge in [-0.2, -0.15) is 0 Å². The fraction of sp³-hybridized carbons (Fsp3) is 0.132. The summed E-state index contributed by atoms with van der Waals surface area (Å²) in [6.07, 6.45) is 0. The summed E-state index contributed by atoms with van der Waals surface area (Å²) in [5.41, 5.74) is 40.5. The molecule has 4 nitrogen and oxygen atoms in total. The monoisotopic (exact) mass is 1050 g/mol. The zero-order valence-electron chi connectivity index (χ0n) is 48.3. The molecule has 4 aliphatic heterocycles. The van der Waals surface area contributed by atoms with Crippen molar-refractivity contribution in [1.82, 2.24) is 9.13 Å². The van der Waals surface area contributed by atoms with Crippen LogP contribution in [-0.2, 0) is 0 Å². The third-order valence-electron chi connectivity index (χ3n) is 19.1. The number of aryl methyl sites for hydroxylation is 10. The molecule has 13 aromatic rings. The number of benzene rings is 11. The lowest BCUT2D eigenvalue weighted by atomic mass is 9.30. The Bertz CT molecular complexity index is 4740. The first-order valence-electron chi connectivity index (χ1n) is 29.3. The summed E-state index contributed by atoms with van der Waals surface area (Å²) in [4.78, 5) is 5.28. The van der Waals surface area contributed by atoms with Gasteiger partial charge in [0, 0.05) is 78.1 Å². The lowest BCUT2D eigenvalue weighted by molar-refractivity contribution is 1.17. The number of rotatable bonds is 4. The smallest absolute Gasteiger partial charge is 0.252 e. The van der Waals surface area contributed by atoms with Gasteiger partial charge in [-0.25, -0.2) is 0 Å². The summed E-state index contributed by atoms with van der Waals surface area (Å²) in [7, 11) is 0. The highest BCUT2D eigenvalue weighted by molar-refractivity contribution is 7.03. The second kappa shape index (κ2) is 16.7. The van der Waals surface area contributed by atoms with E-state index in [0.29, 0.717) is 0 Å². The molecule has 2 aromatic heterocycles. The molecule has 0 bridgehead atoms. The molecule has 0 atom stereocenters. The van der Waals surface area contributed by atoms with E-state index < -0.39 is 0 Å². The maximum absolute atomic E-state index is 2.70. The van der Waals surface area contributed by atoms with Gasteiger partial charge in [-0.05, 0) is 226 Å².